The zero-order valence-corrected chi connectivity index (χ0v) is 9.50. The van der Waals surface area contributed by atoms with Gasteiger partial charge < -0.3 is 15.7 Å². The van der Waals surface area contributed by atoms with Crippen molar-refractivity contribution in [1.29, 1.82) is 0 Å². The lowest BCUT2D eigenvalue weighted by Gasteiger charge is -2.10. The van der Waals surface area contributed by atoms with Crippen LogP contribution < -0.4 is 10.6 Å². The van der Waals surface area contributed by atoms with Crippen LogP contribution in [0.3, 0.4) is 0 Å². The molecular formula is C11H20N2O3. The molecule has 0 radical (unpaired) electrons. The van der Waals surface area contributed by atoms with E-state index in [1.165, 1.54) is 0 Å². The van der Waals surface area contributed by atoms with Gasteiger partial charge in [-0.2, -0.15) is 0 Å². The van der Waals surface area contributed by atoms with Gasteiger partial charge in [0, 0.05) is 19.1 Å². The van der Waals surface area contributed by atoms with Gasteiger partial charge in [0.25, 0.3) is 0 Å². The predicted molar refractivity (Wildman–Crippen MR) is 59.7 cm³/mol. The monoisotopic (exact) mass is 228 g/mol. The van der Waals surface area contributed by atoms with Crippen LogP contribution in [0.1, 0.15) is 32.1 Å². The molecule has 16 heavy (non-hydrogen) atoms. The first kappa shape index (κ1) is 13.0. The highest BCUT2D eigenvalue weighted by molar-refractivity contribution is 5.85. The van der Waals surface area contributed by atoms with E-state index in [1.807, 2.05) is 0 Å². The molecule has 2 amide bonds. The lowest BCUT2D eigenvalue weighted by molar-refractivity contribution is -0.128. The summed E-state index contributed by atoms with van der Waals surface area (Å²) in [4.78, 5) is 22.8. The van der Waals surface area contributed by atoms with Crippen LogP contribution in [0.15, 0.2) is 0 Å². The molecule has 1 aliphatic carbocycles. The van der Waals surface area contributed by atoms with Gasteiger partial charge in [0.05, 0.1) is 6.54 Å². The summed E-state index contributed by atoms with van der Waals surface area (Å²) < 4.78 is 0. The first-order chi connectivity index (χ1) is 7.74. The first-order valence-corrected chi connectivity index (χ1v) is 5.89. The van der Waals surface area contributed by atoms with E-state index in [1.54, 1.807) is 0 Å². The van der Waals surface area contributed by atoms with Crippen LogP contribution >= 0.6 is 0 Å². The number of aliphatic hydroxyl groups excluding tert-OH is 1. The maximum absolute atomic E-state index is 11.5. The largest absolute Gasteiger partial charge is 0.396 e. The van der Waals surface area contributed by atoms with Gasteiger partial charge >= 0.3 is 0 Å². The molecule has 0 unspecified atom stereocenters. The van der Waals surface area contributed by atoms with Gasteiger partial charge in [0.2, 0.25) is 11.8 Å². The maximum atomic E-state index is 11.5. The topological polar surface area (TPSA) is 78.4 Å². The lowest BCUT2D eigenvalue weighted by atomic mass is 10.1. The molecule has 0 aromatic carbocycles. The van der Waals surface area contributed by atoms with Crippen molar-refractivity contribution < 1.29 is 14.7 Å². The third-order valence-corrected chi connectivity index (χ3v) is 2.81. The highest BCUT2D eigenvalue weighted by Gasteiger charge is 2.22. The highest BCUT2D eigenvalue weighted by Crippen LogP contribution is 2.24. The molecule has 0 atom stereocenters. The van der Waals surface area contributed by atoms with Crippen molar-refractivity contribution in [3.05, 3.63) is 0 Å². The van der Waals surface area contributed by atoms with Gasteiger partial charge in [0.15, 0.2) is 0 Å². The van der Waals surface area contributed by atoms with Gasteiger partial charge in [-0.05, 0) is 19.3 Å². The highest BCUT2D eigenvalue weighted by atomic mass is 16.3. The number of carbonyl (C=O) groups is 2. The fourth-order valence-electron chi connectivity index (χ4n) is 1.87. The van der Waals surface area contributed by atoms with Crippen LogP contribution in [-0.2, 0) is 9.59 Å². The quantitative estimate of drug-likeness (QED) is 0.550. The molecule has 0 spiro atoms. The molecule has 0 saturated heterocycles. The minimum absolute atomic E-state index is 0.00481. The molecule has 1 saturated carbocycles. The van der Waals surface area contributed by atoms with Crippen molar-refractivity contribution in [2.24, 2.45) is 5.92 Å². The summed E-state index contributed by atoms with van der Waals surface area (Å²) >= 11 is 0. The maximum Gasteiger partial charge on any atom is 0.239 e. The van der Waals surface area contributed by atoms with Gasteiger partial charge in [-0.3, -0.25) is 9.59 Å². The van der Waals surface area contributed by atoms with Gasteiger partial charge in [0.1, 0.15) is 0 Å². The normalized spacial score (nSPS) is 16.1. The Kier molecular flexibility index (Phi) is 5.85. The molecule has 0 heterocycles. The predicted octanol–water partition coefficient (Wildman–Crippen LogP) is -0.209. The molecule has 5 heteroatoms. The summed E-state index contributed by atoms with van der Waals surface area (Å²) in [5.74, 6) is -0.0974. The number of carbonyl (C=O) groups excluding carboxylic acids is 2. The first-order valence-electron chi connectivity index (χ1n) is 5.89. The summed E-state index contributed by atoms with van der Waals surface area (Å²) in [5, 5.41) is 13.8. The Morgan fingerprint density at radius 2 is 1.88 bits per heavy atom. The molecule has 92 valence electrons. The van der Waals surface area contributed by atoms with Crippen LogP contribution in [-0.4, -0.2) is 36.6 Å². The van der Waals surface area contributed by atoms with Crippen molar-refractivity contribution in [3.63, 3.8) is 0 Å². The minimum atomic E-state index is -0.195. The van der Waals surface area contributed by atoms with Crippen LogP contribution in [0.25, 0.3) is 0 Å². The number of aliphatic hydroxyl groups is 1. The SMILES string of the molecule is O=C(CNC(=O)C1CCCC1)NCCCO. The number of hydrogen-bond acceptors (Lipinski definition) is 3. The number of nitrogens with one attached hydrogen (secondary N) is 2. The Bertz CT molecular complexity index is 237. The van der Waals surface area contributed by atoms with Crippen LogP contribution in [0.5, 0.6) is 0 Å². The summed E-state index contributed by atoms with van der Waals surface area (Å²) in [5.41, 5.74) is 0. The number of rotatable bonds is 6. The minimum Gasteiger partial charge on any atom is -0.396 e. The fraction of sp³-hybridized carbons (Fsp3) is 0.818. The zero-order chi connectivity index (χ0) is 11.8. The standard InChI is InChI=1S/C11H20N2O3/c14-7-3-6-12-10(15)8-13-11(16)9-4-1-2-5-9/h9,14H,1-8H2,(H,12,15)(H,13,16). The van der Waals surface area contributed by atoms with E-state index in [9.17, 15) is 9.59 Å². The van der Waals surface area contributed by atoms with E-state index in [4.69, 9.17) is 5.11 Å². The van der Waals surface area contributed by atoms with E-state index in [0.29, 0.717) is 13.0 Å². The van der Waals surface area contributed by atoms with Gasteiger partial charge in [-0.15, -0.1) is 0 Å². The smallest absolute Gasteiger partial charge is 0.239 e. The lowest BCUT2D eigenvalue weighted by Crippen LogP contribution is -2.39. The molecule has 1 rings (SSSR count). The van der Waals surface area contributed by atoms with Crippen molar-refractivity contribution in [2.45, 2.75) is 32.1 Å². The fourth-order valence-corrected chi connectivity index (χ4v) is 1.87. The molecule has 5 nitrogen and oxygen atoms in total. The summed E-state index contributed by atoms with van der Waals surface area (Å²) in [6.07, 6.45) is 4.65. The zero-order valence-electron chi connectivity index (χ0n) is 9.50. The molecule has 1 fully saturated rings. The van der Waals surface area contributed by atoms with Crippen molar-refractivity contribution >= 4 is 11.8 Å². The Morgan fingerprint density at radius 3 is 2.50 bits per heavy atom. The third-order valence-electron chi connectivity index (χ3n) is 2.81. The van der Waals surface area contributed by atoms with Crippen molar-refractivity contribution in [2.75, 3.05) is 19.7 Å². The summed E-state index contributed by atoms with van der Waals surface area (Å²) in [7, 11) is 0. The van der Waals surface area contributed by atoms with Crippen LogP contribution in [0.4, 0.5) is 0 Å². The second-order valence-electron chi connectivity index (χ2n) is 4.13. The molecule has 0 aromatic rings. The van der Waals surface area contributed by atoms with Crippen LogP contribution in [0.2, 0.25) is 0 Å². The van der Waals surface area contributed by atoms with E-state index < -0.39 is 0 Å². The summed E-state index contributed by atoms with van der Waals surface area (Å²) in [6.45, 7) is 0.560. The van der Waals surface area contributed by atoms with Crippen molar-refractivity contribution in [3.8, 4) is 0 Å². The molecule has 0 bridgehead atoms. The second kappa shape index (κ2) is 7.22. The average Bonchev–Trinajstić information content (AvgIpc) is 2.79. The van der Waals surface area contributed by atoms with Gasteiger partial charge in [-0.1, -0.05) is 12.8 Å². The number of hydrogen-bond donors (Lipinski definition) is 3. The molecule has 3 N–H and O–H groups in total. The van der Waals surface area contributed by atoms with Gasteiger partial charge in [-0.25, -0.2) is 0 Å². The van der Waals surface area contributed by atoms with E-state index in [0.717, 1.165) is 25.7 Å². The Morgan fingerprint density at radius 1 is 1.19 bits per heavy atom. The van der Waals surface area contributed by atoms with Crippen LogP contribution in [0, 0.1) is 5.92 Å². The number of amides is 2. The molecule has 0 aromatic heterocycles. The van der Waals surface area contributed by atoms with E-state index >= 15 is 0 Å². The Balaban J connectivity index is 2.08. The molecular weight excluding hydrogens is 208 g/mol. The van der Waals surface area contributed by atoms with Crippen molar-refractivity contribution in [1.82, 2.24) is 10.6 Å². The van der Waals surface area contributed by atoms with E-state index in [-0.39, 0.29) is 30.9 Å². The molecule has 0 aliphatic heterocycles. The third kappa shape index (κ3) is 4.61. The van der Waals surface area contributed by atoms with E-state index in [2.05, 4.69) is 10.6 Å². The molecule has 1 aliphatic rings. The Labute approximate surface area is 95.6 Å². The Hall–Kier alpha value is -1.10. The second-order valence-corrected chi connectivity index (χ2v) is 4.13. The summed E-state index contributed by atoms with van der Waals surface area (Å²) in [6, 6.07) is 0. The average molecular weight is 228 g/mol.